The molecule has 0 radical (unpaired) electrons. The van der Waals surface area contributed by atoms with Crippen LogP contribution in [-0.2, 0) is 0 Å². The molecule has 6 heteroatoms. The first-order chi connectivity index (χ1) is 8.97. The summed E-state index contributed by atoms with van der Waals surface area (Å²) in [6, 6.07) is 8.67. The number of halogens is 1. The molecule has 4 nitrogen and oxygen atoms in total. The van der Waals surface area contributed by atoms with Gasteiger partial charge < -0.3 is 0 Å². The standard InChI is InChI=1S/C13H11ClN2O2S/c1-8-3-4-10(7-9(8)2)19-13-11(16(17)18)5-6-12(14)15-13/h3-7H,1-2H3. The second-order valence-electron chi connectivity index (χ2n) is 4.06. The Hall–Kier alpha value is -1.59. The van der Waals surface area contributed by atoms with Crippen molar-refractivity contribution in [2.24, 2.45) is 0 Å². The van der Waals surface area contributed by atoms with Crippen LogP contribution in [0.1, 0.15) is 11.1 Å². The third-order valence-corrected chi connectivity index (χ3v) is 3.89. The van der Waals surface area contributed by atoms with E-state index in [1.807, 2.05) is 32.0 Å². The lowest BCUT2D eigenvalue weighted by atomic mass is 10.1. The number of hydrogen-bond donors (Lipinski definition) is 0. The molecule has 0 atom stereocenters. The lowest BCUT2D eigenvalue weighted by molar-refractivity contribution is -0.388. The first kappa shape index (κ1) is 13.8. The number of aromatic nitrogens is 1. The molecule has 1 heterocycles. The van der Waals surface area contributed by atoms with Crippen LogP contribution in [0.3, 0.4) is 0 Å². The largest absolute Gasteiger partial charge is 0.301 e. The molecule has 0 fully saturated rings. The fraction of sp³-hybridized carbons (Fsp3) is 0.154. The molecule has 0 saturated carbocycles. The molecule has 98 valence electrons. The molecule has 0 unspecified atom stereocenters. The minimum Gasteiger partial charge on any atom is -0.258 e. The Balaban J connectivity index is 2.39. The molecule has 2 rings (SSSR count). The van der Waals surface area contributed by atoms with Gasteiger partial charge in [-0.25, -0.2) is 4.98 Å². The van der Waals surface area contributed by atoms with Crippen LogP contribution in [0.4, 0.5) is 5.69 Å². The summed E-state index contributed by atoms with van der Waals surface area (Å²) in [6.07, 6.45) is 0. The zero-order valence-electron chi connectivity index (χ0n) is 10.4. The maximum absolute atomic E-state index is 11.0. The van der Waals surface area contributed by atoms with Crippen molar-refractivity contribution in [2.75, 3.05) is 0 Å². The average molecular weight is 295 g/mol. The molecule has 1 aromatic heterocycles. The van der Waals surface area contributed by atoms with Gasteiger partial charge in [0.25, 0.3) is 0 Å². The molecule has 2 aromatic rings. The monoisotopic (exact) mass is 294 g/mol. The summed E-state index contributed by atoms with van der Waals surface area (Å²) in [6.45, 7) is 4.02. The van der Waals surface area contributed by atoms with E-state index < -0.39 is 4.92 Å². The fourth-order valence-corrected chi connectivity index (χ4v) is 2.70. The Morgan fingerprint density at radius 2 is 1.95 bits per heavy atom. The molecule has 0 N–H and O–H groups in total. The van der Waals surface area contributed by atoms with E-state index in [4.69, 9.17) is 11.6 Å². The summed E-state index contributed by atoms with van der Waals surface area (Å²) in [7, 11) is 0. The second kappa shape index (κ2) is 5.59. The van der Waals surface area contributed by atoms with Crippen molar-refractivity contribution >= 4 is 29.1 Å². The maximum atomic E-state index is 11.0. The van der Waals surface area contributed by atoms with E-state index in [1.165, 1.54) is 29.5 Å². The molecule has 0 spiro atoms. The number of nitro groups is 1. The van der Waals surface area contributed by atoms with E-state index in [0.29, 0.717) is 5.03 Å². The SMILES string of the molecule is Cc1ccc(Sc2nc(Cl)ccc2[N+](=O)[O-])cc1C. The van der Waals surface area contributed by atoms with Gasteiger partial charge in [0.15, 0.2) is 5.03 Å². The summed E-state index contributed by atoms with van der Waals surface area (Å²) < 4.78 is 0. The maximum Gasteiger partial charge on any atom is 0.301 e. The molecular formula is C13H11ClN2O2S. The summed E-state index contributed by atoms with van der Waals surface area (Å²) in [4.78, 5) is 15.4. The molecule has 19 heavy (non-hydrogen) atoms. The topological polar surface area (TPSA) is 56.0 Å². The quantitative estimate of drug-likeness (QED) is 0.478. The zero-order chi connectivity index (χ0) is 14.0. The minimum atomic E-state index is -0.452. The Labute approximate surface area is 120 Å². The molecule has 1 aromatic carbocycles. The van der Waals surface area contributed by atoms with E-state index in [2.05, 4.69) is 4.98 Å². The molecule has 0 amide bonds. The number of hydrogen-bond acceptors (Lipinski definition) is 4. The average Bonchev–Trinajstić information content (AvgIpc) is 2.33. The van der Waals surface area contributed by atoms with Crippen LogP contribution in [0.5, 0.6) is 0 Å². The van der Waals surface area contributed by atoms with Crippen molar-refractivity contribution in [1.29, 1.82) is 0 Å². The molecule has 0 saturated heterocycles. The summed E-state index contributed by atoms with van der Waals surface area (Å²) in [5.74, 6) is 0. The zero-order valence-corrected chi connectivity index (χ0v) is 12.0. The Morgan fingerprint density at radius 3 is 2.58 bits per heavy atom. The molecular weight excluding hydrogens is 284 g/mol. The van der Waals surface area contributed by atoms with Gasteiger partial charge in [0.05, 0.1) is 4.92 Å². The van der Waals surface area contributed by atoms with E-state index in [-0.39, 0.29) is 10.8 Å². The first-order valence-electron chi connectivity index (χ1n) is 5.53. The number of nitrogens with zero attached hydrogens (tertiary/aromatic N) is 2. The summed E-state index contributed by atoms with van der Waals surface area (Å²) >= 11 is 7.04. The van der Waals surface area contributed by atoms with E-state index in [0.717, 1.165) is 10.5 Å². The highest BCUT2D eigenvalue weighted by atomic mass is 35.5. The van der Waals surface area contributed by atoms with E-state index in [9.17, 15) is 10.1 Å². The molecule has 0 aliphatic carbocycles. The number of pyridine rings is 1. The van der Waals surface area contributed by atoms with Crippen LogP contribution in [-0.4, -0.2) is 9.91 Å². The molecule has 0 aliphatic rings. The van der Waals surface area contributed by atoms with Crippen molar-refractivity contribution in [1.82, 2.24) is 4.98 Å². The van der Waals surface area contributed by atoms with Crippen LogP contribution in [0, 0.1) is 24.0 Å². The van der Waals surface area contributed by atoms with Crippen molar-refractivity contribution in [2.45, 2.75) is 23.8 Å². The molecule has 0 bridgehead atoms. The van der Waals surface area contributed by atoms with Gasteiger partial charge in [0.2, 0.25) is 0 Å². The normalized spacial score (nSPS) is 10.5. The van der Waals surface area contributed by atoms with Gasteiger partial charge in [-0.3, -0.25) is 10.1 Å². The van der Waals surface area contributed by atoms with Crippen LogP contribution in [0.25, 0.3) is 0 Å². The summed E-state index contributed by atoms with van der Waals surface area (Å²) in [5, 5.41) is 11.5. The van der Waals surface area contributed by atoms with E-state index in [1.54, 1.807) is 0 Å². The predicted octanol–water partition coefficient (Wildman–Crippen LogP) is 4.41. The van der Waals surface area contributed by atoms with Gasteiger partial charge in [-0.1, -0.05) is 29.4 Å². The third kappa shape index (κ3) is 3.24. The predicted molar refractivity (Wildman–Crippen MR) is 75.9 cm³/mol. The van der Waals surface area contributed by atoms with Crippen molar-refractivity contribution in [3.63, 3.8) is 0 Å². The summed E-state index contributed by atoms with van der Waals surface area (Å²) in [5.41, 5.74) is 2.28. The van der Waals surface area contributed by atoms with Gasteiger partial charge in [0, 0.05) is 11.0 Å². The lowest BCUT2D eigenvalue weighted by Crippen LogP contribution is -1.93. The third-order valence-electron chi connectivity index (χ3n) is 2.70. The second-order valence-corrected chi connectivity index (χ2v) is 5.51. The van der Waals surface area contributed by atoms with Gasteiger partial charge in [-0.15, -0.1) is 0 Å². The van der Waals surface area contributed by atoms with Crippen LogP contribution < -0.4 is 0 Å². The highest BCUT2D eigenvalue weighted by Gasteiger charge is 2.17. The number of benzene rings is 1. The molecule has 0 aliphatic heterocycles. The number of aryl methyl sites for hydroxylation is 2. The Kier molecular flexibility index (Phi) is 4.07. The van der Waals surface area contributed by atoms with Crippen molar-refractivity contribution in [3.05, 3.63) is 56.7 Å². The Bertz CT molecular complexity index is 647. The van der Waals surface area contributed by atoms with Crippen LogP contribution in [0.2, 0.25) is 5.15 Å². The van der Waals surface area contributed by atoms with Gasteiger partial charge >= 0.3 is 5.69 Å². The van der Waals surface area contributed by atoms with E-state index >= 15 is 0 Å². The first-order valence-corrected chi connectivity index (χ1v) is 6.73. The Morgan fingerprint density at radius 1 is 1.21 bits per heavy atom. The highest BCUT2D eigenvalue weighted by Crippen LogP contribution is 2.34. The number of rotatable bonds is 3. The van der Waals surface area contributed by atoms with Crippen LogP contribution >= 0.6 is 23.4 Å². The van der Waals surface area contributed by atoms with Gasteiger partial charge in [-0.2, -0.15) is 0 Å². The van der Waals surface area contributed by atoms with Crippen LogP contribution in [0.15, 0.2) is 40.3 Å². The smallest absolute Gasteiger partial charge is 0.258 e. The van der Waals surface area contributed by atoms with Crippen molar-refractivity contribution in [3.8, 4) is 0 Å². The van der Waals surface area contributed by atoms with Gasteiger partial charge in [-0.05, 0) is 43.2 Å². The van der Waals surface area contributed by atoms with Gasteiger partial charge in [0.1, 0.15) is 5.15 Å². The lowest BCUT2D eigenvalue weighted by Gasteiger charge is -2.05. The minimum absolute atomic E-state index is 0.0346. The van der Waals surface area contributed by atoms with Crippen molar-refractivity contribution < 1.29 is 4.92 Å². The highest BCUT2D eigenvalue weighted by molar-refractivity contribution is 7.99. The fourth-order valence-electron chi connectivity index (χ4n) is 1.51.